The van der Waals surface area contributed by atoms with Crippen LogP contribution in [0.3, 0.4) is 0 Å². The Morgan fingerprint density at radius 1 is 1.32 bits per heavy atom. The van der Waals surface area contributed by atoms with E-state index >= 15 is 0 Å². The molecule has 2 heterocycles. The highest BCUT2D eigenvalue weighted by molar-refractivity contribution is 6.46. The maximum Gasteiger partial charge on any atom is 0.410 e. The van der Waals surface area contributed by atoms with Gasteiger partial charge in [-0.25, -0.2) is 4.79 Å². The van der Waals surface area contributed by atoms with Crippen LogP contribution >= 0.6 is 0 Å². The van der Waals surface area contributed by atoms with E-state index in [1.54, 1.807) is 29.6 Å². The number of aromatic nitrogens is 2. The van der Waals surface area contributed by atoms with E-state index in [0.29, 0.717) is 13.1 Å². The Bertz CT molecular complexity index is 749. The average Bonchev–Trinajstić information content (AvgIpc) is 2.94. The summed E-state index contributed by atoms with van der Waals surface area (Å²) in [6.45, 7) is 13.3. The minimum Gasteiger partial charge on any atom is -0.444 e. The van der Waals surface area contributed by atoms with Crippen LogP contribution in [0.1, 0.15) is 54.9 Å². The molecular formula is C19H31BN4O4. The molecule has 9 heteroatoms. The van der Waals surface area contributed by atoms with Gasteiger partial charge in [-0.15, -0.1) is 0 Å². The molecule has 1 fully saturated rings. The largest absolute Gasteiger partial charge is 0.444 e. The number of carbonyl (C=O) groups is 1. The molecule has 0 bridgehead atoms. The van der Waals surface area contributed by atoms with Gasteiger partial charge in [-0.05, 0) is 53.9 Å². The van der Waals surface area contributed by atoms with Gasteiger partial charge in [0.05, 0.1) is 36.8 Å². The van der Waals surface area contributed by atoms with Crippen molar-refractivity contribution in [3.8, 4) is 6.07 Å². The van der Waals surface area contributed by atoms with E-state index in [1.165, 1.54) is 0 Å². The maximum atomic E-state index is 12.2. The standard InChI is InChI=1S/C19H31BN4O4/c1-16(2,3)27-15(25)23-12-19(13-23,8-9-21)24-11-14(10-22-24)20-28-18(6,7)17(4,5)26/h10-11,20,26H,8,12-13H2,1-7H3. The molecule has 1 saturated heterocycles. The van der Waals surface area contributed by atoms with Gasteiger partial charge in [-0.1, -0.05) is 0 Å². The summed E-state index contributed by atoms with van der Waals surface area (Å²) in [5.41, 5.74) is -2.01. The van der Waals surface area contributed by atoms with Gasteiger partial charge in [0.2, 0.25) is 0 Å². The van der Waals surface area contributed by atoms with Crippen molar-refractivity contribution in [2.24, 2.45) is 0 Å². The summed E-state index contributed by atoms with van der Waals surface area (Å²) in [6.07, 6.45) is 3.38. The highest BCUT2D eigenvalue weighted by atomic mass is 16.6. The minimum absolute atomic E-state index is 0.240. The molecular weight excluding hydrogens is 359 g/mol. The molecule has 8 nitrogen and oxygen atoms in total. The van der Waals surface area contributed by atoms with Crippen molar-refractivity contribution in [1.82, 2.24) is 14.7 Å². The predicted molar refractivity (Wildman–Crippen MR) is 106 cm³/mol. The number of hydrogen-bond acceptors (Lipinski definition) is 6. The third kappa shape index (κ3) is 4.86. The highest BCUT2D eigenvalue weighted by Gasteiger charge is 2.48. The molecule has 0 atom stereocenters. The monoisotopic (exact) mass is 390 g/mol. The fraction of sp³-hybridized carbons (Fsp3) is 0.737. The molecule has 0 saturated carbocycles. The second-order valence-corrected chi connectivity index (χ2v) is 9.55. The Kier molecular flexibility index (Phi) is 5.89. The molecule has 0 unspecified atom stereocenters. The number of aliphatic hydroxyl groups is 1. The number of carbonyl (C=O) groups excluding carboxylic acids is 1. The molecule has 0 radical (unpaired) electrons. The molecule has 1 aliphatic heterocycles. The number of likely N-dealkylation sites (tertiary alicyclic amines) is 1. The summed E-state index contributed by atoms with van der Waals surface area (Å²) >= 11 is 0. The predicted octanol–water partition coefficient (Wildman–Crippen LogP) is 1.29. The van der Waals surface area contributed by atoms with Gasteiger partial charge in [-0.2, -0.15) is 10.4 Å². The zero-order valence-corrected chi connectivity index (χ0v) is 17.9. The first-order chi connectivity index (χ1) is 12.7. The maximum absolute atomic E-state index is 12.2. The van der Waals surface area contributed by atoms with E-state index in [-0.39, 0.29) is 20.0 Å². The zero-order chi connectivity index (χ0) is 21.4. The number of rotatable bonds is 6. The third-order valence-electron chi connectivity index (χ3n) is 5.23. The summed E-state index contributed by atoms with van der Waals surface area (Å²) in [6, 6.07) is 2.20. The number of nitrogens with zero attached hydrogens (tertiary/aromatic N) is 4. The smallest absolute Gasteiger partial charge is 0.410 e. The second-order valence-electron chi connectivity index (χ2n) is 9.55. The Hall–Kier alpha value is -2.05. The van der Waals surface area contributed by atoms with Crippen LogP contribution in [0.5, 0.6) is 0 Å². The Labute approximate surface area is 167 Å². The van der Waals surface area contributed by atoms with Crippen molar-refractivity contribution in [3.05, 3.63) is 12.4 Å². The summed E-state index contributed by atoms with van der Waals surface area (Å²) in [5, 5.41) is 23.9. The van der Waals surface area contributed by atoms with Crippen molar-refractivity contribution < 1.29 is 19.3 Å². The average molecular weight is 390 g/mol. The fourth-order valence-corrected chi connectivity index (χ4v) is 2.74. The fourth-order valence-electron chi connectivity index (χ4n) is 2.74. The third-order valence-corrected chi connectivity index (χ3v) is 5.23. The lowest BCUT2D eigenvalue weighted by Gasteiger charge is -2.48. The van der Waals surface area contributed by atoms with Crippen LogP contribution in [0.15, 0.2) is 12.4 Å². The molecule has 1 N–H and O–H groups in total. The molecule has 2 rings (SSSR count). The van der Waals surface area contributed by atoms with E-state index in [4.69, 9.17) is 9.39 Å². The molecule has 1 amide bonds. The van der Waals surface area contributed by atoms with Crippen molar-refractivity contribution in [2.75, 3.05) is 13.1 Å². The Morgan fingerprint density at radius 3 is 2.43 bits per heavy atom. The van der Waals surface area contributed by atoms with Gasteiger partial charge < -0.3 is 19.4 Å². The van der Waals surface area contributed by atoms with Crippen molar-refractivity contribution >= 4 is 19.0 Å². The van der Waals surface area contributed by atoms with E-state index in [2.05, 4.69) is 11.2 Å². The van der Waals surface area contributed by atoms with Gasteiger partial charge in [-0.3, -0.25) is 4.68 Å². The molecule has 1 aliphatic rings. The van der Waals surface area contributed by atoms with Crippen LogP contribution < -0.4 is 5.46 Å². The van der Waals surface area contributed by atoms with Gasteiger partial charge in [0.25, 0.3) is 0 Å². The molecule has 154 valence electrons. The topological polar surface area (TPSA) is 101 Å². The molecule has 28 heavy (non-hydrogen) atoms. The molecule has 0 spiro atoms. The summed E-state index contributed by atoms with van der Waals surface area (Å²) in [7, 11) is 0.287. The SMILES string of the molecule is CC(C)(C)OC(=O)N1CC(CC#N)(n2cc(BOC(C)(C)C(C)(C)O)cn2)C1. The first-order valence-corrected chi connectivity index (χ1v) is 9.44. The molecule has 1 aromatic heterocycles. The van der Waals surface area contributed by atoms with Crippen LogP contribution in [-0.4, -0.2) is 63.3 Å². The molecule has 0 aliphatic carbocycles. The van der Waals surface area contributed by atoms with E-state index in [0.717, 1.165) is 5.46 Å². The lowest BCUT2D eigenvalue weighted by atomic mass is 9.83. The van der Waals surface area contributed by atoms with Gasteiger partial charge >= 0.3 is 13.6 Å². The van der Waals surface area contributed by atoms with E-state index in [9.17, 15) is 15.2 Å². The highest BCUT2D eigenvalue weighted by Crippen LogP contribution is 2.32. The lowest BCUT2D eigenvalue weighted by molar-refractivity contribution is -0.0893. The van der Waals surface area contributed by atoms with E-state index < -0.39 is 22.3 Å². The van der Waals surface area contributed by atoms with Crippen LogP contribution in [0.2, 0.25) is 0 Å². The van der Waals surface area contributed by atoms with Crippen LogP contribution in [0.25, 0.3) is 0 Å². The summed E-state index contributed by atoms with van der Waals surface area (Å²) < 4.78 is 13.0. The normalized spacial score (nSPS) is 16.9. The van der Waals surface area contributed by atoms with Crippen molar-refractivity contribution in [3.63, 3.8) is 0 Å². The Balaban J connectivity index is 2.05. The number of ether oxygens (including phenoxy) is 1. The Morgan fingerprint density at radius 2 is 1.93 bits per heavy atom. The van der Waals surface area contributed by atoms with Crippen LogP contribution in [0.4, 0.5) is 4.79 Å². The van der Waals surface area contributed by atoms with Gasteiger partial charge in [0.15, 0.2) is 0 Å². The van der Waals surface area contributed by atoms with Crippen molar-refractivity contribution in [1.29, 1.82) is 5.26 Å². The quantitative estimate of drug-likeness (QED) is 0.735. The number of nitriles is 1. The zero-order valence-electron chi connectivity index (χ0n) is 17.9. The molecule has 0 aromatic carbocycles. The van der Waals surface area contributed by atoms with Crippen LogP contribution in [0, 0.1) is 11.3 Å². The minimum atomic E-state index is -0.993. The number of hydrogen-bond donors (Lipinski definition) is 1. The summed E-state index contributed by atoms with van der Waals surface area (Å²) in [5.74, 6) is 0. The lowest BCUT2D eigenvalue weighted by Crippen LogP contribution is -2.64. The van der Waals surface area contributed by atoms with Crippen LogP contribution in [-0.2, 0) is 14.9 Å². The second kappa shape index (κ2) is 7.41. The van der Waals surface area contributed by atoms with Gasteiger partial charge in [0.1, 0.15) is 11.1 Å². The summed E-state index contributed by atoms with van der Waals surface area (Å²) in [4.78, 5) is 13.8. The number of amides is 1. The van der Waals surface area contributed by atoms with Crippen molar-refractivity contribution in [2.45, 2.75) is 77.2 Å². The first-order valence-electron chi connectivity index (χ1n) is 9.44. The molecule has 1 aromatic rings. The first kappa shape index (κ1) is 22.2. The van der Waals surface area contributed by atoms with E-state index in [1.807, 2.05) is 40.8 Å². The van der Waals surface area contributed by atoms with Gasteiger partial charge in [0, 0.05) is 12.4 Å².